The van der Waals surface area contributed by atoms with Crippen LogP contribution >= 0.6 is 27.7 Å². The number of halogens is 2. The second-order valence-electron chi connectivity index (χ2n) is 8.01. The fourth-order valence-electron chi connectivity index (χ4n) is 4.09. The van der Waals surface area contributed by atoms with Crippen LogP contribution in [0.15, 0.2) is 45.8 Å². The monoisotopic (exact) mass is 479 g/mol. The van der Waals surface area contributed by atoms with Gasteiger partial charge in [0, 0.05) is 22.9 Å². The molecule has 0 unspecified atom stereocenters. The Balaban J connectivity index is 2.08. The summed E-state index contributed by atoms with van der Waals surface area (Å²) in [6, 6.07) is 11.2. The van der Waals surface area contributed by atoms with E-state index in [4.69, 9.17) is 4.74 Å². The van der Waals surface area contributed by atoms with Crippen LogP contribution in [0.1, 0.15) is 52.4 Å². The van der Waals surface area contributed by atoms with Crippen molar-refractivity contribution < 1.29 is 9.13 Å². The lowest BCUT2D eigenvalue weighted by Crippen LogP contribution is -2.36. The molecule has 1 heterocycles. The van der Waals surface area contributed by atoms with Crippen molar-refractivity contribution in [1.82, 2.24) is 0 Å². The Hall–Kier alpha value is -1.20. The van der Waals surface area contributed by atoms with Gasteiger partial charge in [-0.25, -0.2) is 4.39 Å². The topological polar surface area (TPSA) is 12.5 Å². The summed E-state index contributed by atoms with van der Waals surface area (Å²) in [5, 5.41) is 0. The first kappa shape index (κ1) is 22.5. The molecule has 3 rings (SSSR count). The van der Waals surface area contributed by atoms with E-state index in [1.807, 2.05) is 23.9 Å². The lowest BCUT2D eigenvalue weighted by atomic mass is 9.79. The Morgan fingerprint density at radius 1 is 1.10 bits per heavy atom. The second-order valence-corrected chi connectivity index (χ2v) is 9.88. The molecule has 158 valence electrons. The van der Waals surface area contributed by atoms with Crippen LogP contribution in [0.25, 0.3) is 0 Å². The van der Waals surface area contributed by atoms with Crippen molar-refractivity contribution in [2.75, 3.05) is 24.3 Å². The highest BCUT2D eigenvalue weighted by molar-refractivity contribution is 9.10. The van der Waals surface area contributed by atoms with Crippen LogP contribution in [0.2, 0.25) is 0 Å². The number of fused-ring (bicyclic) bond motifs is 1. The first-order valence-electron chi connectivity index (χ1n) is 10.6. The minimum atomic E-state index is -0.197. The smallest absolute Gasteiger partial charge is 0.134 e. The molecule has 0 N–H and O–H groups in total. The molecule has 0 bridgehead atoms. The van der Waals surface area contributed by atoms with Crippen LogP contribution in [0.3, 0.4) is 0 Å². The molecule has 0 amide bonds. The molecular weight excluding hydrogens is 449 g/mol. The minimum Gasteiger partial charge on any atom is -0.496 e. The van der Waals surface area contributed by atoms with E-state index >= 15 is 0 Å². The number of hydrogen-bond donors (Lipinski definition) is 0. The van der Waals surface area contributed by atoms with E-state index in [0.29, 0.717) is 0 Å². The third-order valence-corrected chi connectivity index (χ3v) is 7.83. The maximum Gasteiger partial charge on any atom is 0.134 e. The number of unbranched alkanes of at least 4 members (excludes halogenated alkanes) is 2. The summed E-state index contributed by atoms with van der Waals surface area (Å²) in [7, 11) is 1.71. The van der Waals surface area contributed by atoms with Crippen LogP contribution in [0.5, 0.6) is 5.75 Å². The van der Waals surface area contributed by atoms with Gasteiger partial charge in [0.1, 0.15) is 11.6 Å². The normalized spacial score (nSPS) is 15.7. The zero-order valence-electron chi connectivity index (χ0n) is 17.6. The minimum absolute atomic E-state index is 0.197. The van der Waals surface area contributed by atoms with Gasteiger partial charge in [-0.15, -0.1) is 11.8 Å². The number of thioether (sulfide) groups is 1. The van der Waals surface area contributed by atoms with Crippen molar-refractivity contribution >= 4 is 39.1 Å². The zero-order chi connectivity index (χ0) is 20.9. The fourth-order valence-corrected chi connectivity index (χ4v) is 5.93. The van der Waals surface area contributed by atoms with Gasteiger partial charge in [0.2, 0.25) is 0 Å². The summed E-state index contributed by atoms with van der Waals surface area (Å²) in [5.74, 6) is 1.75. The highest BCUT2D eigenvalue weighted by atomic mass is 79.9. The van der Waals surface area contributed by atoms with Gasteiger partial charge in [-0.3, -0.25) is 0 Å². The molecule has 2 nitrogen and oxygen atoms in total. The van der Waals surface area contributed by atoms with E-state index in [-0.39, 0.29) is 11.2 Å². The van der Waals surface area contributed by atoms with Gasteiger partial charge in [-0.2, -0.15) is 0 Å². The van der Waals surface area contributed by atoms with E-state index in [2.05, 4.69) is 46.8 Å². The number of benzene rings is 2. The Bertz CT molecular complexity index is 803. The number of hydrogen-bond acceptors (Lipinski definition) is 3. The Morgan fingerprint density at radius 2 is 1.76 bits per heavy atom. The standard InChI is InChI=1S/C24H31BrFNOS/c1-4-6-12-24(13-7-5-2)16-27(19-10-8-18(26)9-11-19)21-14-20(25)22(28-3)15-23(21)29-17-24/h8-11,14-15H,4-7,12-13,16-17H2,1-3H3. The molecule has 0 aromatic heterocycles. The second kappa shape index (κ2) is 10.2. The van der Waals surface area contributed by atoms with Gasteiger partial charge >= 0.3 is 0 Å². The predicted octanol–water partition coefficient (Wildman–Crippen LogP) is 8.21. The fraction of sp³-hybridized carbons (Fsp3) is 0.500. The summed E-state index contributed by atoms with van der Waals surface area (Å²) >= 11 is 5.60. The van der Waals surface area contributed by atoms with Crippen LogP contribution in [0.4, 0.5) is 15.8 Å². The van der Waals surface area contributed by atoms with Crippen LogP contribution in [-0.4, -0.2) is 19.4 Å². The molecule has 2 aromatic carbocycles. The van der Waals surface area contributed by atoms with Crippen molar-refractivity contribution in [2.24, 2.45) is 5.41 Å². The molecule has 0 saturated heterocycles. The van der Waals surface area contributed by atoms with Crippen molar-refractivity contribution in [2.45, 2.75) is 57.3 Å². The molecule has 5 heteroatoms. The number of methoxy groups -OCH3 is 1. The van der Waals surface area contributed by atoms with Gasteiger partial charge in [0.15, 0.2) is 0 Å². The van der Waals surface area contributed by atoms with Gasteiger partial charge in [0.05, 0.1) is 17.3 Å². The van der Waals surface area contributed by atoms with Crippen LogP contribution in [0, 0.1) is 11.2 Å². The first-order valence-corrected chi connectivity index (χ1v) is 12.3. The van der Waals surface area contributed by atoms with Gasteiger partial charge in [-0.05, 0) is 70.6 Å². The molecule has 29 heavy (non-hydrogen) atoms. The summed E-state index contributed by atoms with van der Waals surface area (Å²) in [5.41, 5.74) is 2.46. The van der Waals surface area contributed by atoms with Crippen molar-refractivity contribution in [3.63, 3.8) is 0 Å². The Kier molecular flexibility index (Phi) is 7.92. The molecule has 0 atom stereocenters. The van der Waals surface area contributed by atoms with E-state index in [9.17, 15) is 4.39 Å². The first-order chi connectivity index (χ1) is 14.0. The zero-order valence-corrected chi connectivity index (χ0v) is 20.0. The summed E-state index contributed by atoms with van der Waals surface area (Å²) in [4.78, 5) is 3.62. The maximum absolute atomic E-state index is 13.6. The lowest BCUT2D eigenvalue weighted by molar-refractivity contribution is 0.274. The molecule has 0 aliphatic carbocycles. The van der Waals surface area contributed by atoms with Gasteiger partial charge < -0.3 is 9.64 Å². The Morgan fingerprint density at radius 3 is 2.34 bits per heavy atom. The molecule has 1 aliphatic rings. The summed E-state index contributed by atoms with van der Waals surface area (Å²) < 4.78 is 20.1. The van der Waals surface area contributed by atoms with E-state index < -0.39 is 0 Å². The third kappa shape index (κ3) is 5.29. The molecule has 0 saturated carbocycles. The highest BCUT2D eigenvalue weighted by Crippen LogP contribution is 2.49. The van der Waals surface area contributed by atoms with Crippen molar-refractivity contribution in [1.29, 1.82) is 0 Å². The molecule has 1 aliphatic heterocycles. The third-order valence-electron chi connectivity index (χ3n) is 5.81. The van der Waals surface area contributed by atoms with Crippen LogP contribution < -0.4 is 9.64 Å². The summed E-state index contributed by atoms with van der Waals surface area (Å²) in [6.45, 7) is 5.50. The lowest BCUT2D eigenvalue weighted by Gasteiger charge is -2.37. The summed E-state index contributed by atoms with van der Waals surface area (Å²) in [6.07, 6.45) is 7.35. The van der Waals surface area contributed by atoms with E-state index in [0.717, 1.165) is 28.2 Å². The van der Waals surface area contributed by atoms with E-state index in [1.54, 1.807) is 19.2 Å². The largest absolute Gasteiger partial charge is 0.496 e. The number of ether oxygens (including phenoxy) is 1. The quantitative estimate of drug-likeness (QED) is 0.378. The SMILES string of the molecule is CCCCC1(CCCC)CSc2cc(OC)c(Br)cc2N(c2ccc(F)cc2)C1. The highest BCUT2D eigenvalue weighted by Gasteiger charge is 2.36. The number of rotatable bonds is 8. The van der Waals surface area contributed by atoms with Gasteiger partial charge in [-0.1, -0.05) is 39.5 Å². The average molecular weight is 480 g/mol. The number of nitrogens with zero attached hydrogens (tertiary/aromatic N) is 1. The van der Waals surface area contributed by atoms with Crippen molar-refractivity contribution in [3.8, 4) is 5.75 Å². The van der Waals surface area contributed by atoms with Gasteiger partial charge in [0.25, 0.3) is 0 Å². The molecule has 0 radical (unpaired) electrons. The maximum atomic E-state index is 13.6. The van der Waals surface area contributed by atoms with E-state index in [1.165, 1.54) is 49.1 Å². The van der Waals surface area contributed by atoms with Crippen LogP contribution in [-0.2, 0) is 0 Å². The van der Waals surface area contributed by atoms with Crippen molar-refractivity contribution in [3.05, 3.63) is 46.7 Å². The molecule has 2 aromatic rings. The average Bonchev–Trinajstić information content (AvgIpc) is 2.88. The molecule has 0 spiro atoms. The molecule has 0 fully saturated rings. The molecular formula is C24H31BrFNOS. The number of anilines is 2. The Labute approximate surface area is 187 Å². The predicted molar refractivity (Wildman–Crippen MR) is 126 cm³/mol.